The molecule has 1 atom stereocenters. The summed E-state index contributed by atoms with van der Waals surface area (Å²) in [6, 6.07) is 8.12. The Kier molecular flexibility index (Phi) is 3.95. The monoisotopic (exact) mass is 323 g/mol. The fourth-order valence-electron chi connectivity index (χ4n) is 3.02. The van der Waals surface area contributed by atoms with E-state index in [1.165, 1.54) is 4.70 Å². The van der Waals surface area contributed by atoms with Gasteiger partial charge in [-0.25, -0.2) is 0 Å². The van der Waals surface area contributed by atoms with Crippen molar-refractivity contribution < 1.29 is 9.90 Å². The zero-order chi connectivity index (χ0) is 15.0. The van der Waals surface area contributed by atoms with Gasteiger partial charge in [-0.15, -0.1) is 11.3 Å². The van der Waals surface area contributed by atoms with E-state index < -0.39 is 11.4 Å². The number of thiophene rings is 1. The van der Waals surface area contributed by atoms with Crippen molar-refractivity contribution in [1.29, 1.82) is 0 Å². The van der Waals surface area contributed by atoms with Crippen LogP contribution in [0.1, 0.15) is 24.6 Å². The van der Waals surface area contributed by atoms with Gasteiger partial charge in [0.25, 0.3) is 0 Å². The second-order valence-corrected chi connectivity index (χ2v) is 7.53. The number of carboxylic acid groups (broad SMARTS) is 1. The van der Waals surface area contributed by atoms with E-state index >= 15 is 0 Å². The lowest BCUT2D eigenvalue weighted by molar-refractivity contribution is -0.151. The second kappa shape index (κ2) is 5.59. The third-order valence-corrected chi connectivity index (χ3v) is 5.96. The summed E-state index contributed by atoms with van der Waals surface area (Å²) >= 11 is 8.18. The first-order valence-electron chi connectivity index (χ1n) is 7.11. The fourth-order valence-corrected chi connectivity index (χ4v) is 4.56. The van der Waals surface area contributed by atoms with E-state index in [0.29, 0.717) is 6.54 Å². The normalized spacial score (nSPS) is 23.5. The smallest absolute Gasteiger partial charge is 0.310 e. The molecule has 1 aromatic carbocycles. The molecule has 0 radical (unpaired) electrons. The van der Waals surface area contributed by atoms with Crippen molar-refractivity contribution in [2.45, 2.75) is 26.3 Å². The molecule has 2 aromatic rings. The molecule has 0 bridgehead atoms. The number of hydrogen-bond donors (Lipinski definition) is 1. The Morgan fingerprint density at radius 1 is 1.48 bits per heavy atom. The summed E-state index contributed by atoms with van der Waals surface area (Å²) in [5.41, 5.74) is -0.637. The topological polar surface area (TPSA) is 40.5 Å². The molecule has 112 valence electrons. The van der Waals surface area contributed by atoms with E-state index in [1.54, 1.807) is 11.3 Å². The average Bonchev–Trinajstić information content (AvgIpc) is 2.76. The predicted octanol–water partition coefficient (Wildman–Crippen LogP) is 4.24. The van der Waals surface area contributed by atoms with Gasteiger partial charge in [0.1, 0.15) is 0 Å². The van der Waals surface area contributed by atoms with Crippen molar-refractivity contribution in [1.82, 2.24) is 4.90 Å². The van der Waals surface area contributed by atoms with E-state index in [2.05, 4.69) is 11.0 Å². The van der Waals surface area contributed by atoms with Gasteiger partial charge < -0.3 is 5.11 Å². The van der Waals surface area contributed by atoms with Crippen LogP contribution in [0.4, 0.5) is 0 Å². The zero-order valence-corrected chi connectivity index (χ0v) is 13.5. The molecule has 1 N–H and O–H groups in total. The number of fused-ring (bicyclic) bond motifs is 1. The van der Waals surface area contributed by atoms with Crippen LogP contribution in [0.5, 0.6) is 0 Å². The Bertz CT molecular complexity index is 684. The lowest BCUT2D eigenvalue weighted by atomic mass is 9.82. The van der Waals surface area contributed by atoms with Gasteiger partial charge >= 0.3 is 5.97 Å². The lowest BCUT2D eigenvalue weighted by Gasteiger charge is -2.37. The van der Waals surface area contributed by atoms with Crippen LogP contribution in [0, 0.1) is 5.41 Å². The van der Waals surface area contributed by atoms with Gasteiger partial charge in [0.15, 0.2) is 0 Å². The van der Waals surface area contributed by atoms with E-state index in [-0.39, 0.29) is 0 Å². The van der Waals surface area contributed by atoms with E-state index in [0.717, 1.165) is 41.2 Å². The van der Waals surface area contributed by atoms with Gasteiger partial charge in [-0.3, -0.25) is 9.69 Å². The summed E-state index contributed by atoms with van der Waals surface area (Å²) in [7, 11) is 0. The lowest BCUT2D eigenvalue weighted by Crippen LogP contribution is -2.45. The first kappa shape index (κ1) is 14.8. The van der Waals surface area contributed by atoms with Crippen LogP contribution in [0.25, 0.3) is 10.1 Å². The van der Waals surface area contributed by atoms with Crippen LogP contribution in [-0.4, -0.2) is 29.1 Å². The summed E-state index contributed by atoms with van der Waals surface area (Å²) in [6.07, 6.45) is 1.67. The number of benzene rings is 1. The molecule has 21 heavy (non-hydrogen) atoms. The largest absolute Gasteiger partial charge is 0.481 e. The number of piperidine rings is 1. The number of rotatable bonds is 3. The molecule has 1 aromatic heterocycles. The second-order valence-electron chi connectivity index (χ2n) is 6.02. The number of carbonyl (C=O) groups is 1. The third-order valence-electron chi connectivity index (χ3n) is 4.26. The van der Waals surface area contributed by atoms with Crippen LogP contribution in [0.15, 0.2) is 24.3 Å². The molecule has 0 saturated carbocycles. The Morgan fingerprint density at radius 3 is 2.95 bits per heavy atom. The predicted molar refractivity (Wildman–Crippen MR) is 87.1 cm³/mol. The van der Waals surface area contributed by atoms with E-state index in [9.17, 15) is 9.90 Å². The summed E-state index contributed by atoms with van der Waals surface area (Å²) in [6.45, 7) is 4.11. The summed E-state index contributed by atoms with van der Waals surface area (Å²) in [5, 5.41) is 11.3. The molecular formula is C16H18ClNO2S. The van der Waals surface area contributed by atoms with Crippen LogP contribution in [-0.2, 0) is 11.3 Å². The van der Waals surface area contributed by atoms with Crippen molar-refractivity contribution in [3.05, 3.63) is 34.2 Å². The highest BCUT2D eigenvalue weighted by molar-refractivity contribution is 7.19. The van der Waals surface area contributed by atoms with Crippen molar-refractivity contribution in [3.63, 3.8) is 0 Å². The molecule has 0 aliphatic carbocycles. The highest BCUT2D eigenvalue weighted by Gasteiger charge is 2.37. The number of carboxylic acids is 1. The van der Waals surface area contributed by atoms with Crippen molar-refractivity contribution in [3.8, 4) is 0 Å². The van der Waals surface area contributed by atoms with Crippen LogP contribution >= 0.6 is 22.9 Å². The maximum absolute atomic E-state index is 11.4. The number of halogens is 1. The van der Waals surface area contributed by atoms with E-state index in [4.69, 9.17) is 11.6 Å². The van der Waals surface area contributed by atoms with Gasteiger partial charge in [-0.2, -0.15) is 0 Å². The molecule has 3 rings (SSSR count). The standard InChI is InChI=1S/C16H18ClNO2S/c1-16(15(19)20)7-4-8-18(10-16)9-13-14(17)11-5-2-3-6-12(11)21-13/h2-3,5-6H,4,7-10H2,1H3,(H,19,20). The van der Waals surface area contributed by atoms with Gasteiger partial charge in [-0.05, 0) is 32.4 Å². The quantitative estimate of drug-likeness (QED) is 0.918. The highest BCUT2D eigenvalue weighted by atomic mass is 35.5. The first-order valence-corrected chi connectivity index (χ1v) is 8.31. The third kappa shape index (κ3) is 2.80. The molecule has 2 heterocycles. The number of hydrogen-bond acceptors (Lipinski definition) is 3. The SMILES string of the molecule is CC1(C(=O)O)CCCN(Cc2sc3ccccc3c2Cl)C1. The summed E-state index contributed by atoms with van der Waals surface area (Å²) < 4.78 is 1.19. The zero-order valence-electron chi connectivity index (χ0n) is 11.9. The first-order chi connectivity index (χ1) is 9.99. The van der Waals surface area contributed by atoms with Crippen LogP contribution in [0.3, 0.4) is 0 Å². The molecule has 1 aliphatic heterocycles. The number of aliphatic carboxylic acids is 1. The maximum Gasteiger partial charge on any atom is 0.310 e. The Morgan fingerprint density at radius 2 is 2.24 bits per heavy atom. The van der Waals surface area contributed by atoms with Crippen molar-refractivity contribution >= 4 is 39.0 Å². The minimum absolute atomic E-state index is 0.590. The fraction of sp³-hybridized carbons (Fsp3) is 0.438. The molecule has 5 heteroatoms. The average molecular weight is 324 g/mol. The van der Waals surface area contributed by atoms with Crippen molar-refractivity contribution in [2.24, 2.45) is 5.41 Å². The van der Waals surface area contributed by atoms with Crippen LogP contribution < -0.4 is 0 Å². The molecule has 1 unspecified atom stereocenters. The molecule has 0 spiro atoms. The van der Waals surface area contributed by atoms with Gasteiger partial charge in [-0.1, -0.05) is 29.8 Å². The number of nitrogens with zero attached hydrogens (tertiary/aromatic N) is 1. The Hall–Kier alpha value is -1.10. The molecular weight excluding hydrogens is 306 g/mol. The minimum atomic E-state index is -0.699. The Balaban J connectivity index is 1.82. The summed E-state index contributed by atoms with van der Waals surface area (Å²) in [5.74, 6) is -0.699. The Labute approximate surface area is 133 Å². The van der Waals surface area contributed by atoms with Gasteiger partial charge in [0.2, 0.25) is 0 Å². The maximum atomic E-state index is 11.4. The highest BCUT2D eigenvalue weighted by Crippen LogP contribution is 2.37. The van der Waals surface area contributed by atoms with Gasteiger partial charge in [0.05, 0.1) is 10.4 Å². The molecule has 1 saturated heterocycles. The summed E-state index contributed by atoms with van der Waals surface area (Å²) in [4.78, 5) is 14.8. The molecule has 1 fully saturated rings. The number of likely N-dealkylation sites (tertiary alicyclic amines) is 1. The molecule has 3 nitrogen and oxygen atoms in total. The van der Waals surface area contributed by atoms with E-state index in [1.807, 2.05) is 25.1 Å². The van der Waals surface area contributed by atoms with Crippen molar-refractivity contribution in [2.75, 3.05) is 13.1 Å². The van der Waals surface area contributed by atoms with Gasteiger partial charge in [0, 0.05) is 28.1 Å². The molecule has 1 aliphatic rings. The minimum Gasteiger partial charge on any atom is -0.481 e. The van der Waals surface area contributed by atoms with Crippen LogP contribution in [0.2, 0.25) is 5.02 Å². The molecule has 0 amide bonds.